The Hall–Kier alpha value is -0.910. The molecule has 0 aliphatic heterocycles. The molecule has 2 unspecified atom stereocenters. The lowest BCUT2D eigenvalue weighted by Gasteiger charge is -2.27. The van der Waals surface area contributed by atoms with Crippen LogP contribution in [0.4, 0.5) is 12.0 Å². The van der Waals surface area contributed by atoms with E-state index in [0.717, 1.165) is 11.7 Å². The van der Waals surface area contributed by atoms with Gasteiger partial charge in [-0.3, -0.25) is 0 Å². The molecule has 84 valence electrons. The van der Waals surface area contributed by atoms with Gasteiger partial charge in [0.2, 0.25) is 0 Å². The fourth-order valence-electron chi connectivity index (χ4n) is 1.96. The summed E-state index contributed by atoms with van der Waals surface area (Å²) < 4.78 is 5.09. The fourth-order valence-corrected chi connectivity index (χ4v) is 2.78. The van der Waals surface area contributed by atoms with Crippen LogP contribution >= 0.6 is 11.8 Å². The summed E-state index contributed by atoms with van der Waals surface area (Å²) in [6.07, 6.45) is 7.05. The minimum absolute atomic E-state index is 0.120. The van der Waals surface area contributed by atoms with Crippen LogP contribution in [0.25, 0.3) is 0 Å². The first kappa shape index (κ1) is 10.6. The van der Waals surface area contributed by atoms with Gasteiger partial charge in [0.15, 0.2) is 0 Å². The van der Waals surface area contributed by atoms with Crippen molar-refractivity contribution in [3.8, 4) is 0 Å². The summed E-state index contributed by atoms with van der Waals surface area (Å²) in [5.41, 5.74) is 5.35. The molecule has 0 bridgehead atoms. The molecule has 0 radical (unpaired) electrons. The number of aromatic nitrogens is 2. The third-order valence-electron chi connectivity index (χ3n) is 2.73. The van der Waals surface area contributed by atoms with Crippen molar-refractivity contribution >= 4 is 23.8 Å². The van der Waals surface area contributed by atoms with E-state index in [-0.39, 0.29) is 6.01 Å². The summed E-state index contributed by atoms with van der Waals surface area (Å²) in [5.74, 6) is 0. The van der Waals surface area contributed by atoms with Crippen molar-refractivity contribution in [3.63, 3.8) is 0 Å². The number of hydrogen-bond donors (Lipinski definition) is 2. The van der Waals surface area contributed by atoms with Gasteiger partial charge in [0.05, 0.1) is 0 Å². The van der Waals surface area contributed by atoms with Crippen molar-refractivity contribution in [1.29, 1.82) is 0 Å². The molecular weight excluding hydrogens is 212 g/mol. The quantitative estimate of drug-likeness (QED) is 0.820. The van der Waals surface area contributed by atoms with Gasteiger partial charge in [-0.25, -0.2) is 0 Å². The Morgan fingerprint density at radius 2 is 2.33 bits per heavy atom. The Labute approximate surface area is 93.2 Å². The Balaban J connectivity index is 1.88. The van der Waals surface area contributed by atoms with E-state index >= 15 is 0 Å². The van der Waals surface area contributed by atoms with Crippen molar-refractivity contribution in [2.24, 2.45) is 0 Å². The van der Waals surface area contributed by atoms with Gasteiger partial charge in [0.1, 0.15) is 0 Å². The van der Waals surface area contributed by atoms with E-state index in [1.807, 2.05) is 11.8 Å². The topological polar surface area (TPSA) is 77.0 Å². The molecule has 6 heteroatoms. The molecule has 1 aliphatic carbocycles. The number of nitrogens with zero attached hydrogens (tertiary/aromatic N) is 2. The summed E-state index contributed by atoms with van der Waals surface area (Å²) in [7, 11) is 0. The third-order valence-corrected chi connectivity index (χ3v) is 3.82. The number of nitrogens with one attached hydrogen (secondary N) is 1. The highest BCUT2D eigenvalue weighted by Gasteiger charge is 2.22. The molecule has 0 spiro atoms. The van der Waals surface area contributed by atoms with Crippen molar-refractivity contribution in [2.75, 3.05) is 17.3 Å². The minimum Gasteiger partial charge on any atom is -0.390 e. The van der Waals surface area contributed by atoms with Gasteiger partial charge in [-0.2, -0.15) is 11.8 Å². The fraction of sp³-hybridized carbons (Fsp3) is 0.778. The smallest absolute Gasteiger partial charge is 0.317 e. The molecule has 1 aromatic rings. The Kier molecular flexibility index (Phi) is 3.35. The summed E-state index contributed by atoms with van der Waals surface area (Å²) in [6.45, 7) is 0. The first-order valence-electron chi connectivity index (χ1n) is 5.16. The molecular formula is C9H16N4OS. The van der Waals surface area contributed by atoms with Crippen molar-refractivity contribution in [3.05, 3.63) is 0 Å². The van der Waals surface area contributed by atoms with Crippen LogP contribution in [0.2, 0.25) is 0 Å². The summed E-state index contributed by atoms with van der Waals surface area (Å²) >= 11 is 1.93. The summed E-state index contributed by atoms with van der Waals surface area (Å²) in [4.78, 5) is 0. The molecule has 1 saturated carbocycles. The van der Waals surface area contributed by atoms with Crippen LogP contribution in [-0.4, -0.2) is 27.7 Å². The largest absolute Gasteiger partial charge is 0.390 e. The Morgan fingerprint density at radius 1 is 1.47 bits per heavy atom. The maximum atomic E-state index is 5.35. The molecule has 0 saturated heterocycles. The van der Waals surface area contributed by atoms with Gasteiger partial charge in [0, 0.05) is 11.3 Å². The first-order chi connectivity index (χ1) is 7.28. The molecule has 3 N–H and O–H groups in total. The standard InChI is InChI=1S/C9H16N4OS/c1-15-7-4-2-3-6(5-7)11-9-13-12-8(10)14-9/h6-7H,2-5H2,1H3,(H2,10,12)(H,11,13). The molecule has 2 atom stereocenters. The number of nitrogen functional groups attached to an aromatic ring is 1. The second-order valence-corrected chi connectivity index (χ2v) is 4.95. The maximum absolute atomic E-state index is 5.35. The van der Waals surface area contributed by atoms with Crippen LogP contribution in [0.3, 0.4) is 0 Å². The molecule has 1 fully saturated rings. The van der Waals surface area contributed by atoms with Crippen molar-refractivity contribution in [2.45, 2.75) is 37.0 Å². The SMILES string of the molecule is CSC1CCCC(Nc2nnc(N)o2)C1. The molecule has 2 rings (SSSR count). The molecule has 1 aliphatic rings. The normalized spacial score (nSPS) is 26.5. The zero-order valence-corrected chi connectivity index (χ0v) is 9.59. The van der Waals surface area contributed by atoms with Crippen molar-refractivity contribution < 1.29 is 4.42 Å². The number of hydrogen-bond acceptors (Lipinski definition) is 6. The monoisotopic (exact) mass is 228 g/mol. The molecule has 5 nitrogen and oxygen atoms in total. The highest BCUT2D eigenvalue weighted by atomic mass is 32.2. The van der Waals surface area contributed by atoms with E-state index in [2.05, 4.69) is 21.8 Å². The predicted octanol–water partition coefficient (Wildman–Crippen LogP) is 1.74. The van der Waals surface area contributed by atoms with E-state index in [4.69, 9.17) is 10.2 Å². The average molecular weight is 228 g/mol. The van der Waals surface area contributed by atoms with E-state index in [0.29, 0.717) is 12.1 Å². The van der Waals surface area contributed by atoms with Gasteiger partial charge < -0.3 is 15.5 Å². The lowest BCUT2D eigenvalue weighted by atomic mass is 9.95. The van der Waals surface area contributed by atoms with Gasteiger partial charge in [-0.15, -0.1) is 0 Å². The Bertz CT molecular complexity index is 317. The molecule has 0 aromatic carbocycles. The highest BCUT2D eigenvalue weighted by molar-refractivity contribution is 7.99. The average Bonchev–Trinajstić information content (AvgIpc) is 2.64. The lowest BCUT2D eigenvalue weighted by Crippen LogP contribution is -2.28. The van der Waals surface area contributed by atoms with Gasteiger partial charge in [-0.05, 0) is 25.5 Å². The predicted molar refractivity (Wildman–Crippen MR) is 61.9 cm³/mol. The number of rotatable bonds is 3. The second-order valence-electron chi connectivity index (χ2n) is 3.81. The molecule has 1 heterocycles. The number of nitrogens with two attached hydrogens (primary N) is 1. The second kappa shape index (κ2) is 4.74. The highest BCUT2D eigenvalue weighted by Crippen LogP contribution is 2.28. The summed E-state index contributed by atoms with van der Waals surface area (Å²) in [5, 5.41) is 11.4. The molecule has 1 aromatic heterocycles. The zero-order chi connectivity index (χ0) is 10.7. The third kappa shape index (κ3) is 2.77. The van der Waals surface area contributed by atoms with Crippen LogP contribution in [0, 0.1) is 0 Å². The van der Waals surface area contributed by atoms with E-state index in [9.17, 15) is 0 Å². The van der Waals surface area contributed by atoms with E-state index in [1.165, 1.54) is 19.3 Å². The van der Waals surface area contributed by atoms with Gasteiger partial charge in [0.25, 0.3) is 0 Å². The summed E-state index contributed by atoms with van der Waals surface area (Å²) in [6, 6.07) is 1.00. The maximum Gasteiger partial charge on any atom is 0.317 e. The van der Waals surface area contributed by atoms with Crippen LogP contribution in [0.1, 0.15) is 25.7 Å². The van der Waals surface area contributed by atoms with Crippen LogP contribution < -0.4 is 11.1 Å². The molecule has 0 amide bonds. The zero-order valence-electron chi connectivity index (χ0n) is 8.77. The van der Waals surface area contributed by atoms with E-state index in [1.54, 1.807) is 0 Å². The minimum atomic E-state index is 0.120. The van der Waals surface area contributed by atoms with Gasteiger partial charge in [-0.1, -0.05) is 16.6 Å². The Morgan fingerprint density at radius 3 is 3.00 bits per heavy atom. The first-order valence-corrected chi connectivity index (χ1v) is 6.45. The lowest BCUT2D eigenvalue weighted by molar-refractivity contribution is 0.459. The molecule has 15 heavy (non-hydrogen) atoms. The van der Waals surface area contributed by atoms with Crippen LogP contribution in [-0.2, 0) is 0 Å². The number of thioether (sulfide) groups is 1. The van der Waals surface area contributed by atoms with Gasteiger partial charge >= 0.3 is 12.0 Å². The van der Waals surface area contributed by atoms with Crippen LogP contribution in [0.15, 0.2) is 4.42 Å². The van der Waals surface area contributed by atoms with Crippen LogP contribution in [0.5, 0.6) is 0 Å². The van der Waals surface area contributed by atoms with Crippen molar-refractivity contribution in [1.82, 2.24) is 10.2 Å². The van der Waals surface area contributed by atoms with E-state index < -0.39 is 0 Å². The number of anilines is 2.